The predicted molar refractivity (Wildman–Crippen MR) is 167 cm³/mol. The maximum atomic E-state index is 14.7. The number of nitriles is 1. The van der Waals surface area contributed by atoms with Gasteiger partial charge in [0.15, 0.2) is 11.6 Å². The number of aryl methyl sites for hydroxylation is 2. The first-order valence-corrected chi connectivity index (χ1v) is 15.1. The van der Waals surface area contributed by atoms with E-state index in [1.807, 2.05) is 45.0 Å². The van der Waals surface area contributed by atoms with Crippen LogP contribution in [-0.2, 0) is 13.1 Å². The van der Waals surface area contributed by atoms with Gasteiger partial charge in [0.1, 0.15) is 23.5 Å². The third kappa shape index (κ3) is 5.30. The third-order valence-electron chi connectivity index (χ3n) is 8.22. The first-order valence-electron chi connectivity index (χ1n) is 14.0. The van der Waals surface area contributed by atoms with Gasteiger partial charge in [-0.1, -0.05) is 6.07 Å². The van der Waals surface area contributed by atoms with Crippen molar-refractivity contribution >= 4 is 40.0 Å². The molecule has 1 atom stereocenters. The van der Waals surface area contributed by atoms with Crippen LogP contribution in [-0.4, -0.2) is 62.8 Å². The fourth-order valence-corrected chi connectivity index (χ4v) is 6.66. The normalized spacial score (nSPS) is 16.7. The summed E-state index contributed by atoms with van der Waals surface area (Å²) in [5.41, 5.74) is 3.06. The minimum absolute atomic E-state index is 0.0946. The van der Waals surface area contributed by atoms with Gasteiger partial charge < -0.3 is 19.3 Å². The standard InChI is InChI=1S/C31H29F2IN8O/c1-18-11-19(2)23(31(43)41-9-7-39(16-20(41)3)27-14-24(32)21(15-35)12-25(27)33)13-22(18)29-38-37-28-17-40(8-10-42(28)29)30-26(34)5-4-6-36-30/h4-6,11-14,20H,7-10,16-17H2,1-3H3/t20-/m0/s1. The number of benzene rings is 2. The molecule has 43 heavy (non-hydrogen) atoms. The number of nitrogens with zero attached hydrogens (tertiary/aromatic N) is 8. The SMILES string of the molecule is Cc1cc(C)c(-c2nnc3n2CCN(c2ncccc2I)C3)cc1C(=O)N1CCN(c2cc(F)c(C#N)cc2F)C[C@@H]1C. The van der Waals surface area contributed by atoms with Crippen molar-refractivity contribution in [2.45, 2.75) is 39.9 Å². The lowest BCUT2D eigenvalue weighted by Crippen LogP contribution is -2.54. The van der Waals surface area contributed by atoms with Gasteiger partial charge >= 0.3 is 0 Å². The average Bonchev–Trinajstić information content (AvgIpc) is 3.41. The molecule has 9 nitrogen and oxygen atoms in total. The molecule has 0 aliphatic carbocycles. The van der Waals surface area contributed by atoms with Crippen LogP contribution in [0.3, 0.4) is 0 Å². The summed E-state index contributed by atoms with van der Waals surface area (Å²) < 4.78 is 32.2. The molecule has 4 aromatic rings. The number of hydrogen-bond donors (Lipinski definition) is 0. The van der Waals surface area contributed by atoms with E-state index >= 15 is 0 Å². The second-order valence-corrected chi connectivity index (χ2v) is 12.2. The van der Waals surface area contributed by atoms with E-state index in [-0.39, 0.29) is 23.2 Å². The van der Waals surface area contributed by atoms with Crippen molar-refractivity contribution in [3.8, 4) is 17.5 Å². The number of halogens is 3. The van der Waals surface area contributed by atoms with Crippen LogP contribution < -0.4 is 9.80 Å². The highest BCUT2D eigenvalue weighted by Gasteiger charge is 2.32. The summed E-state index contributed by atoms with van der Waals surface area (Å²) in [7, 11) is 0. The van der Waals surface area contributed by atoms with E-state index in [4.69, 9.17) is 5.26 Å². The molecule has 1 saturated heterocycles. The van der Waals surface area contributed by atoms with Gasteiger partial charge in [0.25, 0.3) is 5.91 Å². The number of fused-ring (bicyclic) bond motifs is 1. The molecule has 2 aliphatic heterocycles. The zero-order valence-corrected chi connectivity index (χ0v) is 26.1. The molecule has 2 aromatic heterocycles. The van der Waals surface area contributed by atoms with Crippen molar-refractivity contribution in [2.24, 2.45) is 0 Å². The van der Waals surface area contributed by atoms with Crippen LogP contribution in [0.1, 0.15) is 39.8 Å². The summed E-state index contributed by atoms with van der Waals surface area (Å²) in [6, 6.07) is 11.3. The summed E-state index contributed by atoms with van der Waals surface area (Å²) in [6.45, 7) is 8.86. The van der Waals surface area contributed by atoms with Crippen molar-refractivity contribution in [2.75, 3.05) is 36.0 Å². The lowest BCUT2D eigenvalue weighted by molar-refractivity contribution is 0.0673. The minimum atomic E-state index is -0.761. The quantitative estimate of drug-likeness (QED) is 0.275. The molecule has 220 valence electrons. The monoisotopic (exact) mass is 694 g/mol. The lowest BCUT2D eigenvalue weighted by atomic mass is 9.97. The highest BCUT2D eigenvalue weighted by atomic mass is 127. The number of amides is 1. The molecular formula is C31H29F2IN8O. The van der Waals surface area contributed by atoms with Gasteiger partial charge in [0.2, 0.25) is 0 Å². The number of rotatable bonds is 4. The maximum absolute atomic E-state index is 14.7. The average molecular weight is 695 g/mol. The van der Waals surface area contributed by atoms with Gasteiger partial charge in [-0.3, -0.25) is 4.79 Å². The number of piperazine rings is 1. The zero-order chi connectivity index (χ0) is 30.4. The van der Waals surface area contributed by atoms with Gasteiger partial charge in [-0.05, 0) is 78.8 Å². The van der Waals surface area contributed by atoms with Crippen molar-refractivity contribution in [3.05, 3.63) is 85.9 Å². The van der Waals surface area contributed by atoms with E-state index in [1.165, 1.54) is 0 Å². The van der Waals surface area contributed by atoms with Crippen molar-refractivity contribution in [1.29, 1.82) is 5.26 Å². The third-order valence-corrected chi connectivity index (χ3v) is 9.06. The van der Waals surface area contributed by atoms with E-state index in [0.29, 0.717) is 38.3 Å². The fourth-order valence-electron chi connectivity index (χ4n) is 5.97. The Labute approximate surface area is 261 Å². The molecule has 12 heteroatoms. The first kappa shape index (κ1) is 29.0. The van der Waals surface area contributed by atoms with Crippen molar-refractivity contribution < 1.29 is 13.6 Å². The number of aromatic nitrogens is 4. The van der Waals surface area contributed by atoms with Crippen LogP contribution in [0.15, 0.2) is 42.6 Å². The topological polar surface area (TPSA) is 94.2 Å². The van der Waals surface area contributed by atoms with Crippen LogP contribution >= 0.6 is 22.6 Å². The molecule has 1 amide bonds. The Morgan fingerprint density at radius 3 is 2.56 bits per heavy atom. The fraction of sp³-hybridized carbons (Fsp3) is 0.323. The number of carbonyl (C=O) groups excluding carboxylic acids is 1. The Morgan fingerprint density at radius 1 is 1.02 bits per heavy atom. The maximum Gasteiger partial charge on any atom is 0.254 e. The molecule has 1 fully saturated rings. The Bertz CT molecular complexity index is 1780. The van der Waals surface area contributed by atoms with Gasteiger partial charge in [-0.15, -0.1) is 10.2 Å². The highest BCUT2D eigenvalue weighted by molar-refractivity contribution is 14.1. The van der Waals surface area contributed by atoms with Gasteiger partial charge in [0.05, 0.1) is 21.4 Å². The Morgan fingerprint density at radius 2 is 1.81 bits per heavy atom. The van der Waals surface area contributed by atoms with E-state index in [2.05, 4.69) is 47.2 Å². The zero-order valence-electron chi connectivity index (χ0n) is 24.0. The van der Waals surface area contributed by atoms with E-state index in [1.54, 1.807) is 22.1 Å². The molecule has 2 aliphatic rings. The smallest absolute Gasteiger partial charge is 0.254 e. The number of carbonyl (C=O) groups is 1. The Kier molecular flexibility index (Phi) is 7.76. The molecule has 6 rings (SSSR count). The molecule has 0 spiro atoms. The minimum Gasteiger partial charge on any atom is -0.365 e. The molecule has 0 unspecified atom stereocenters. The summed E-state index contributed by atoms with van der Waals surface area (Å²) >= 11 is 2.29. The van der Waals surface area contributed by atoms with Crippen LogP contribution in [0, 0.1) is 40.4 Å². The largest absolute Gasteiger partial charge is 0.365 e. The summed E-state index contributed by atoms with van der Waals surface area (Å²) in [5.74, 6) is 0.965. The number of anilines is 2. The van der Waals surface area contributed by atoms with Crippen LogP contribution in [0.5, 0.6) is 0 Å². The predicted octanol–water partition coefficient (Wildman–Crippen LogP) is 5.08. The Hall–Kier alpha value is -4.12. The second-order valence-electron chi connectivity index (χ2n) is 11.0. The van der Waals surface area contributed by atoms with E-state index in [0.717, 1.165) is 56.4 Å². The van der Waals surface area contributed by atoms with E-state index < -0.39 is 11.6 Å². The van der Waals surface area contributed by atoms with E-state index in [9.17, 15) is 13.6 Å². The summed E-state index contributed by atoms with van der Waals surface area (Å²) in [4.78, 5) is 24.2. The molecular weight excluding hydrogens is 665 g/mol. The number of hydrogen-bond acceptors (Lipinski definition) is 7. The lowest BCUT2D eigenvalue weighted by Gasteiger charge is -2.41. The van der Waals surface area contributed by atoms with Crippen LogP contribution in [0.4, 0.5) is 20.3 Å². The van der Waals surface area contributed by atoms with Crippen LogP contribution in [0.2, 0.25) is 0 Å². The van der Waals surface area contributed by atoms with Gasteiger partial charge in [-0.25, -0.2) is 13.8 Å². The molecule has 0 saturated carbocycles. The highest BCUT2D eigenvalue weighted by Crippen LogP contribution is 2.31. The summed E-state index contributed by atoms with van der Waals surface area (Å²) in [5, 5.41) is 18.1. The molecule has 2 aromatic carbocycles. The molecule has 0 radical (unpaired) electrons. The Balaban J connectivity index is 1.23. The second kappa shape index (κ2) is 11.5. The van der Waals surface area contributed by atoms with Gasteiger partial charge in [0, 0.05) is 62.2 Å². The summed E-state index contributed by atoms with van der Waals surface area (Å²) in [6.07, 6.45) is 1.79. The van der Waals surface area contributed by atoms with Gasteiger partial charge in [-0.2, -0.15) is 5.26 Å². The molecule has 0 N–H and O–H groups in total. The van der Waals surface area contributed by atoms with Crippen molar-refractivity contribution in [1.82, 2.24) is 24.6 Å². The molecule has 4 heterocycles. The first-order chi connectivity index (χ1) is 20.7. The van der Waals surface area contributed by atoms with Crippen LogP contribution in [0.25, 0.3) is 11.4 Å². The number of pyridine rings is 1. The molecule has 0 bridgehead atoms. The van der Waals surface area contributed by atoms with Crippen molar-refractivity contribution in [3.63, 3.8) is 0 Å².